The molecular weight excluding hydrogens is 364 g/mol. The number of benzene rings is 2. The molecule has 0 saturated carbocycles. The second-order valence-electron chi connectivity index (χ2n) is 7.12. The van der Waals surface area contributed by atoms with Crippen LogP contribution in [0.25, 0.3) is 0 Å². The fourth-order valence-corrected chi connectivity index (χ4v) is 3.27. The predicted octanol–water partition coefficient (Wildman–Crippen LogP) is 3.23. The Morgan fingerprint density at radius 1 is 1.04 bits per heavy atom. The molecule has 28 heavy (non-hydrogen) atoms. The number of carbonyl (C=O) groups excluding carboxylic acids is 1. The van der Waals surface area contributed by atoms with Gasteiger partial charge in [0, 0.05) is 26.2 Å². The van der Waals surface area contributed by atoms with Crippen molar-refractivity contribution in [1.29, 1.82) is 0 Å². The van der Waals surface area contributed by atoms with E-state index in [0.29, 0.717) is 42.7 Å². The van der Waals surface area contributed by atoms with Gasteiger partial charge in [0.2, 0.25) is 0 Å². The molecule has 7 heteroatoms. The number of aliphatic hydroxyl groups excluding tert-OH is 1. The molecule has 2 amide bonds. The van der Waals surface area contributed by atoms with E-state index in [1.807, 2.05) is 4.90 Å². The van der Waals surface area contributed by atoms with Crippen LogP contribution in [0.2, 0.25) is 0 Å². The van der Waals surface area contributed by atoms with E-state index in [-0.39, 0.29) is 36.9 Å². The highest BCUT2D eigenvalue weighted by molar-refractivity contribution is 5.73. The maximum Gasteiger partial charge on any atom is 0.315 e. The van der Waals surface area contributed by atoms with Crippen LogP contribution in [0.4, 0.5) is 19.3 Å². The molecule has 3 rings (SSSR count). The number of nitrogens with zero attached hydrogens (tertiary/aromatic N) is 1. The second kappa shape index (κ2) is 9.01. The Morgan fingerprint density at radius 2 is 1.64 bits per heavy atom. The number of halogens is 2. The Morgan fingerprint density at radius 3 is 2.25 bits per heavy atom. The molecule has 5 nitrogen and oxygen atoms in total. The zero-order valence-corrected chi connectivity index (χ0v) is 15.8. The van der Waals surface area contributed by atoms with Crippen LogP contribution < -0.4 is 15.5 Å². The summed E-state index contributed by atoms with van der Waals surface area (Å²) in [5.74, 6) is -0.614. The summed E-state index contributed by atoms with van der Waals surface area (Å²) in [6.45, 7) is 3.40. The molecule has 2 aromatic carbocycles. The average Bonchev–Trinajstić information content (AvgIpc) is 2.68. The summed E-state index contributed by atoms with van der Waals surface area (Å²) < 4.78 is 27.7. The van der Waals surface area contributed by atoms with E-state index < -0.39 is 0 Å². The van der Waals surface area contributed by atoms with Crippen molar-refractivity contribution in [2.24, 2.45) is 0 Å². The molecule has 0 unspecified atom stereocenters. The van der Waals surface area contributed by atoms with Gasteiger partial charge in [0.25, 0.3) is 0 Å². The first kappa shape index (κ1) is 20.1. The minimum atomic E-state index is -0.378. The molecule has 0 spiro atoms. The number of urea groups is 1. The Hall–Kier alpha value is -2.67. The lowest BCUT2D eigenvalue weighted by molar-refractivity contribution is 0.145. The molecule has 0 aliphatic carbocycles. The van der Waals surface area contributed by atoms with Gasteiger partial charge in [0.05, 0.1) is 11.8 Å². The Labute approximate surface area is 163 Å². The standard InChI is InChI=1S/C21H25F2N3O2/c1-14-10-15(2-4-18(14)22)12-24-21(28)25-13-16-3-5-20(19(23)11-16)26-8-6-17(27)7-9-26/h2-5,10-11,17,27H,6-9,12-13H2,1H3,(H2,24,25,28). The SMILES string of the molecule is Cc1cc(CNC(=O)NCc2ccc(N3CCC(O)CC3)c(F)c2)ccc1F. The van der Waals surface area contributed by atoms with Crippen molar-refractivity contribution in [3.8, 4) is 0 Å². The van der Waals surface area contributed by atoms with Crippen molar-refractivity contribution in [2.75, 3.05) is 18.0 Å². The van der Waals surface area contributed by atoms with Crippen LogP contribution in [0.1, 0.15) is 29.5 Å². The number of rotatable bonds is 5. The zero-order chi connectivity index (χ0) is 20.1. The molecule has 0 bridgehead atoms. The molecule has 1 aliphatic heterocycles. The molecule has 1 fully saturated rings. The summed E-state index contributed by atoms with van der Waals surface area (Å²) >= 11 is 0. The third-order valence-corrected chi connectivity index (χ3v) is 4.95. The number of carbonyl (C=O) groups is 1. The largest absolute Gasteiger partial charge is 0.393 e. The van der Waals surface area contributed by atoms with Crippen LogP contribution in [-0.4, -0.2) is 30.3 Å². The lowest BCUT2D eigenvalue weighted by Crippen LogP contribution is -2.36. The van der Waals surface area contributed by atoms with Gasteiger partial charge in [-0.2, -0.15) is 0 Å². The third kappa shape index (κ3) is 5.19. The number of piperidine rings is 1. The van der Waals surface area contributed by atoms with Crippen molar-refractivity contribution in [3.63, 3.8) is 0 Å². The molecule has 1 heterocycles. The summed E-state index contributed by atoms with van der Waals surface area (Å²) in [5, 5.41) is 15.0. The van der Waals surface area contributed by atoms with Crippen molar-refractivity contribution in [3.05, 3.63) is 64.7 Å². The van der Waals surface area contributed by atoms with Crippen LogP contribution in [0, 0.1) is 18.6 Å². The van der Waals surface area contributed by atoms with Crippen LogP contribution >= 0.6 is 0 Å². The maximum atomic E-state index is 14.4. The Balaban J connectivity index is 1.49. The first-order valence-electron chi connectivity index (χ1n) is 9.40. The van der Waals surface area contributed by atoms with E-state index in [4.69, 9.17) is 0 Å². The van der Waals surface area contributed by atoms with Crippen molar-refractivity contribution in [1.82, 2.24) is 10.6 Å². The number of hydrogen-bond donors (Lipinski definition) is 3. The summed E-state index contributed by atoms with van der Waals surface area (Å²) in [6, 6.07) is 9.22. The molecule has 2 aromatic rings. The normalized spacial score (nSPS) is 14.8. The van der Waals surface area contributed by atoms with Crippen molar-refractivity contribution in [2.45, 2.75) is 39.0 Å². The maximum absolute atomic E-state index is 14.4. The first-order valence-corrected chi connectivity index (χ1v) is 9.40. The highest BCUT2D eigenvalue weighted by Crippen LogP contribution is 2.24. The average molecular weight is 389 g/mol. The van der Waals surface area contributed by atoms with Gasteiger partial charge in [0.15, 0.2) is 0 Å². The molecule has 0 aromatic heterocycles. The highest BCUT2D eigenvalue weighted by atomic mass is 19.1. The number of nitrogens with one attached hydrogen (secondary N) is 2. The van der Waals surface area contributed by atoms with E-state index in [0.717, 1.165) is 5.56 Å². The fraction of sp³-hybridized carbons (Fsp3) is 0.381. The van der Waals surface area contributed by atoms with Gasteiger partial charge < -0.3 is 20.6 Å². The monoisotopic (exact) mass is 389 g/mol. The summed E-state index contributed by atoms with van der Waals surface area (Å²) in [6.07, 6.45) is 0.965. The fourth-order valence-electron chi connectivity index (χ4n) is 3.27. The quantitative estimate of drug-likeness (QED) is 0.736. The van der Waals surface area contributed by atoms with Gasteiger partial charge in [-0.15, -0.1) is 0 Å². The second-order valence-corrected chi connectivity index (χ2v) is 7.12. The molecule has 150 valence electrons. The lowest BCUT2D eigenvalue weighted by Gasteiger charge is -2.31. The van der Waals surface area contributed by atoms with Gasteiger partial charge in [-0.1, -0.05) is 18.2 Å². The van der Waals surface area contributed by atoms with Crippen LogP contribution in [0.3, 0.4) is 0 Å². The predicted molar refractivity (Wildman–Crippen MR) is 104 cm³/mol. The number of aliphatic hydroxyl groups is 1. The Kier molecular flexibility index (Phi) is 6.46. The molecular formula is C21H25F2N3O2. The van der Waals surface area contributed by atoms with Crippen LogP contribution in [-0.2, 0) is 13.1 Å². The minimum absolute atomic E-state index is 0.199. The van der Waals surface area contributed by atoms with Crippen molar-refractivity contribution < 1.29 is 18.7 Å². The van der Waals surface area contributed by atoms with Crippen molar-refractivity contribution >= 4 is 11.7 Å². The smallest absolute Gasteiger partial charge is 0.315 e. The number of hydrogen-bond acceptors (Lipinski definition) is 3. The summed E-state index contributed by atoms with van der Waals surface area (Å²) in [5.41, 5.74) is 2.51. The molecule has 3 N–H and O–H groups in total. The number of amides is 2. The van der Waals surface area contributed by atoms with Crippen LogP contribution in [0.15, 0.2) is 36.4 Å². The number of aryl methyl sites for hydroxylation is 1. The van der Waals surface area contributed by atoms with E-state index >= 15 is 0 Å². The topological polar surface area (TPSA) is 64.6 Å². The summed E-state index contributed by atoms with van der Waals surface area (Å²) in [4.78, 5) is 13.9. The molecule has 1 aliphatic rings. The van der Waals surface area contributed by atoms with E-state index in [1.165, 1.54) is 12.1 Å². The molecule has 1 saturated heterocycles. The highest BCUT2D eigenvalue weighted by Gasteiger charge is 2.19. The minimum Gasteiger partial charge on any atom is -0.393 e. The van der Waals surface area contributed by atoms with Gasteiger partial charge in [0.1, 0.15) is 11.6 Å². The lowest BCUT2D eigenvalue weighted by atomic mass is 10.1. The third-order valence-electron chi connectivity index (χ3n) is 4.95. The van der Waals surface area contributed by atoms with E-state index in [9.17, 15) is 18.7 Å². The van der Waals surface area contributed by atoms with Gasteiger partial charge in [-0.3, -0.25) is 0 Å². The summed E-state index contributed by atoms with van der Waals surface area (Å²) in [7, 11) is 0. The van der Waals surface area contributed by atoms with Gasteiger partial charge >= 0.3 is 6.03 Å². The Bertz CT molecular complexity index is 836. The van der Waals surface area contributed by atoms with Crippen LogP contribution in [0.5, 0.6) is 0 Å². The van der Waals surface area contributed by atoms with Gasteiger partial charge in [-0.05, 0) is 54.7 Å². The van der Waals surface area contributed by atoms with Gasteiger partial charge in [-0.25, -0.2) is 13.6 Å². The van der Waals surface area contributed by atoms with E-state index in [1.54, 1.807) is 31.2 Å². The molecule has 0 radical (unpaired) electrons. The zero-order valence-electron chi connectivity index (χ0n) is 15.8. The van der Waals surface area contributed by atoms with E-state index in [2.05, 4.69) is 10.6 Å². The number of anilines is 1. The molecule has 0 atom stereocenters. The first-order chi connectivity index (χ1) is 13.4.